The van der Waals surface area contributed by atoms with Gasteiger partial charge in [0.25, 0.3) is 0 Å². The molecule has 2 N–H and O–H groups in total. The third kappa shape index (κ3) is 11.0. The van der Waals surface area contributed by atoms with Crippen LogP contribution in [-0.4, -0.2) is 19.6 Å². The van der Waals surface area contributed by atoms with E-state index < -0.39 is 0 Å². The highest BCUT2D eigenvalue weighted by molar-refractivity contribution is 7.97. The van der Waals surface area contributed by atoms with Gasteiger partial charge in [-0.3, -0.25) is 4.72 Å². The normalized spacial score (nSPS) is 9.89. The lowest BCUT2D eigenvalue weighted by atomic mass is 10.1. The van der Waals surface area contributed by atoms with E-state index >= 15 is 0 Å². The zero-order chi connectivity index (χ0) is 14.3. The molecule has 0 aliphatic heterocycles. The van der Waals surface area contributed by atoms with Gasteiger partial charge in [-0.05, 0) is 55.6 Å². The SMILES string of the molecule is CCCNCC.CCCc1ccc(SNCC)cc1. The lowest BCUT2D eigenvalue weighted by molar-refractivity contribution is 0.703. The molecule has 0 heterocycles. The van der Waals surface area contributed by atoms with Gasteiger partial charge in [-0.25, -0.2) is 0 Å². The summed E-state index contributed by atoms with van der Waals surface area (Å²) in [5.41, 5.74) is 1.43. The number of hydrogen-bond donors (Lipinski definition) is 2. The molecule has 0 spiro atoms. The molecule has 3 heteroatoms. The molecule has 1 aromatic rings. The Morgan fingerprint density at radius 1 is 0.895 bits per heavy atom. The third-order valence-corrected chi connectivity index (χ3v) is 3.41. The smallest absolute Gasteiger partial charge is 0.0228 e. The highest BCUT2D eigenvalue weighted by Crippen LogP contribution is 2.15. The quantitative estimate of drug-likeness (QED) is 0.550. The predicted molar refractivity (Wildman–Crippen MR) is 88.8 cm³/mol. The Balaban J connectivity index is 0.000000459. The van der Waals surface area contributed by atoms with Crippen LogP contribution < -0.4 is 10.0 Å². The largest absolute Gasteiger partial charge is 0.317 e. The molecule has 0 aliphatic rings. The van der Waals surface area contributed by atoms with Crippen LogP contribution in [0.3, 0.4) is 0 Å². The van der Waals surface area contributed by atoms with Crippen LogP contribution >= 0.6 is 11.9 Å². The topological polar surface area (TPSA) is 24.1 Å². The molecule has 0 bridgehead atoms. The van der Waals surface area contributed by atoms with Crippen LogP contribution in [0.15, 0.2) is 29.2 Å². The van der Waals surface area contributed by atoms with Crippen LogP contribution in [0, 0.1) is 0 Å². The van der Waals surface area contributed by atoms with Gasteiger partial charge in [0.2, 0.25) is 0 Å². The van der Waals surface area contributed by atoms with Crippen molar-refractivity contribution >= 4 is 11.9 Å². The van der Waals surface area contributed by atoms with Crippen molar-refractivity contribution in [3.63, 3.8) is 0 Å². The molecule has 2 nitrogen and oxygen atoms in total. The van der Waals surface area contributed by atoms with E-state index in [9.17, 15) is 0 Å². The summed E-state index contributed by atoms with van der Waals surface area (Å²) in [4.78, 5) is 1.29. The van der Waals surface area contributed by atoms with Gasteiger partial charge in [0.15, 0.2) is 0 Å². The van der Waals surface area contributed by atoms with Gasteiger partial charge in [0.05, 0.1) is 0 Å². The number of benzene rings is 1. The van der Waals surface area contributed by atoms with Gasteiger partial charge < -0.3 is 5.32 Å². The van der Waals surface area contributed by atoms with Crippen molar-refractivity contribution in [3.8, 4) is 0 Å². The Bertz CT molecular complexity index is 281. The molecule has 0 fully saturated rings. The third-order valence-electron chi connectivity index (χ3n) is 2.47. The van der Waals surface area contributed by atoms with Crippen LogP contribution in [0.2, 0.25) is 0 Å². The maximum Gasteiger partial charge on any atom is 0.0228 e. The lowest BCUT2D eigenvalue weighted by Gasteiger charge is -2.02. The van der Waals surface area contributed by atoms with Gasteiger partial charge in [-0.2, -0.15) is 0 Å². The standard InChI is InChI=1S/C11H17NS.C5H13N/c1-3-5-10-6-8-11(9-7-10)13-12-4-2;1-3-5-6-4-2/h6-9,12H,3-5H2,1-2H3;6H,3-5H2,1-2H3. The van der Waals surface area contributed by atoms with Gasteiger partial charge in [0.1, 0.15) is 0 Å². The molecule has 0 amide bonds. The van der Waals surface area contributed by atoms with E-state index in [-0.39, 0.29) is 0 Å². The second-order valence-electron chi connectivity index (χ2n) is 4.35. The maximum atomic E-state index is 3.23. The molecule has 0 atom stereocenters. The Hall–Kier alpha value is -0.510. The fraction of sp³-hybridized carbons (Fsp3) is 0.625. The first-order valence-electron chi connectivity index (χ1n) is 7.47. The molecule has 1 rings (SSSR count). The average molecular weight is 282 g/mol. The fourth-order valence-electron chi connectivity index (χ4n) is 1.52. The molecular formula is C16H30N2S. The molecule has 0 radical (unpaired) electrons. The van der Waals surface area contributed by atoms with Crippen LogP contribution in [0.1, 0.15) is 46.1 Å². The Morgan fingerprint density at radius 2 is 1.58 bits per heavy atom. The van der Waals surface area contributed by atoms with E-state index in [0.29, 0.717) is 0 Å². The highest BCUT2D eigenvalue weighted by Gasteiger charge is 1.93. The van der Waals surface area contributed by atoms with Gasteiger partial charge in [-0.15, -0.1) is 0 Å². The van der Waals surface area contributed by atoms with Crippen LogP contribution in [0.5, 0.6) is 0 Å². The summed E-state index contributed by atoms with van der Waals surface area (Å²) >= 11 is 1.70. The summed E-state index contributed by atoms with van der Waals surface area (Å²) < 4.78 is 3.23. The Kier molecular flexibility index (Phi) is 13.5. The van der Waals surface area contributed by atoms with Crippen LogP contribution in [-0.2, 0) is 6.42 Å². The first-order valence-corrected chi connectivity index (χ1v) is 8.29. The molecule has 0 saturated heterocycles. The van der Waals surface area contributed by atoms with E-state index in [0.717, 1.165) is 19.6 Å². The molecule has 1 aromatic carbocycles. The predicted octanol–water partition coefficient (Wildman–Crippen LogP) is 4.26. The zero-order valence-corrected chi connectivity index (χ0v) is 13.8. The molecule has 0 aromatic heterocycles. The molecular weight excluding hydrogens is 252 g/mol. The van der Waals surface area contributed by atoms with E-state index in [4.69, 9.17) is 0 Å². The zero-order valence-electron chi connectivity index (χ0n) is 13.0. The summed E-state index contributed by atoms with van der Waals surface area (Å²) in [6.07, 6.45) is 3.65. The average Bonchev–Trinajstić information content (AvgIpc) is 2.45. The highest BCUT2D eigenvalue weighted by atomic mass is 32.2. The number of rotatable bonds is 8. The summed E-state index contributed by atoms with van der Waals surface area (Å²) in [6.45, 7) is 11.9. The number of aryl methyl sites for hydroxylation is 1. The van der Waals surface area contributed by atoms with Crippen molar-refractivity contribution in [1.29, 1.82) is 0 Å². The van der Waals surface area contributed by atoms with Crippen molar-refractivity contribution < 1.29 is 0 Å². The maximum absolute atomic E-state index is 3.23. The minimum atomic E-state index is 1.00. The number of hydrogen-bond acceptors (Lipinski definition) is 3. The summed E-state index contributed by atoms with van der Waals surface area (Å²) in [5, 5.41) is 3.20. The lowest BCUT2D eigenvalue weighted by Crippen LogP contribution is -2.12. The molecule has 19 heavy (non-hydrogen) atoms. The van der Waals surface area contributed by atoms with Crippen molar-refractivity contribution in [1.82, 2.24) is 10.0 Å². The van der Waals surface area contributed by atoms with Crippen molar-refractivity contribution in [2.24, 2.45) is 0 Å². The fourth-order valence-corrected chi connectivity index (χ4v) is 2.11. The summed E-state index contributed by atoms with van der Waals surface area (Å²) in [5.74, 6) is 0. The molecule has 110 valence electrons. The van der Waals surface area contributed by atoms with Crippen LogP contribution in [0.4, 0.5) is 0 Å². The molecule has 0 aliphatic carbocycles. The summed E-state index contributed by atoms with van der Waals surface area (Å²) in [6, 6.07) is 8.78. The minimum absolute atomic E-state index is 1.00. The Morgan fingerprint density at radius 3 is 2.00 bits per heavy atom. The monoisotopic (exact) mass is 282 g/mol. The molecule has 0 unspecified atom stereocenters. The molecule has 0 saturated carbocycles. The van der Waals surface area contributed by atoms with Gasteiger partial charge >= 0.3 is 0 Å². The first-order chi connectivity index (χ1) is 9.28. The van der Waals surface area contributed by atoms with E-state index in [1.165, 1.54) is 29.7 Å². The van der Waals surface area contributed by atoms with E-state index in [1.54, 1.807) is 11.9 Å². The van der Waals surface area contributed by atoms with Crippen LogP contribution in [0.25, 0.3) is 0 Å². The van der Waals surface area contributed by atoms with Crippen molar-refractivity contribution in [2.75, 3.05) is 19.6 Å². The number of nitrogens with one attached hydrogen (secondary N) is 2. The van der Waals surface area contributed by atoms with Crippen molar-refractivity contribution in [2.45, 2.75) is 51.9 Å². The van der Waals surface area contributed by atoms with Gasteiger partial charge in [0, 0.05) is 11.4 Å². The van der Waals surface area contributed by atoms with E-state index in [2.05, 4.69) is 62.0 Å². The van der Waals surface area contributed by atoms with Crippen molar-refractivity contribution in [3.05, 3.63) is 29.8 Å². The van der Waals surface area contributed by atoms with E-state index in [1.807, 2.05) is 0 Å². The van der Waals surface area contributed by atoms with Gasteiger partial charge in [-0.1, -0.05) is 46.2 Å². The summed E-state index contributed by atoms with van der Waals surface area (Å²) in [7, 11) is 0. The second kappa shape index (κ2) is 13.9. The first kappa shape index (κ1) is 18.5. The Labute approximate surface area is 123 Å². The minimum Gasteiger partial charge on any atom is -0.317 e. The second-order valence-corrected chi connectivity index (χ2v) is 5.31.